The van der Waals surface area contributed by atoms with Crippen molar-refractivity contribution in [3.8, 4) is 0 Å². The summed E-state index contributed by atoms with van der Waals surface area (Å²) in [7, 11) is 0. The summed E-state index contributed by atoms with van der Waals surface area (Å²) in [6, 6.07) is 13.8. The van der Waals surface area contributed by atoms with Gasteiger partial charge in [0.2, 0.25) is 0 Å². The van der Waals surface area contributed by atoms with E-state index in [2.05, 4.69) is 0 Å². The van der Waals surface area contributed by atoms with Crippen LogP contribution >= 0.6 is 0 Å². The average Bonchev–Trinajstić information content (AvgIpc) is 2.56. The first kappa shape index (κ1) is 16.4. The molecule has 23 heavy (non-hydrogen) atoms. The van der Waals surface area contributed by atoms with Crippen LogP contribution in [0.15, 0.2) is 54.6 Å². The highest BCUT2D eigenvalue weighted by atomic mass is 16.5. The number of hydrogen-bond donors (Lipinski definition) is 1. The molecule has 0 radical (unpaired) electrons. The summed E-state index contributed by atoms with van der Waals surface area (Å²) in [5.74, 6) is -2.30. The lowest BCUT2D eigenvalue weighted by Gasteiger charge is -2.06. The van der Waals surface area contributed by atoms with Gasteiger partial charge in [0, 0.05) is 18.6 Å². The van der Waals surface area contributed by atoms with Crippen molar-refractivity contribution in [3.63, 3.8) is 0 Å². The minimum absolute atomic E-state index is 0.213. The lowest BCUT2D eigenvalue weighted by molar-refractivity contribution is -0.143. The van der Waals surface area contributed by atoms with Gasteiger partial charge in [0.15, 0.2) is 5.78 Å². The minimum Gasteiger partial charge on any atom is -0.478 e. The van der Waals surface area contributed by atoms with E-state index in [1.165, 1.54) is 0 Å². The van der Waals surface area contributed by atoms with Crippen molar-refractivity contribution in [2.24, 2.45) is 0 Å². The third kappa shape index (κ3) is 5.07. The van der Waals surface area contributed by atoms with E-state index in [9.17, 15) is 14.4 Å². The molecule has 0 spiro atoms. The third-order valence-corrected chi connectivity index (χ3v) is 3.29. The van der Waals surface area contributed by atoms with Gasteiger partial charge in [-0.05, 0) is 22.8 Å². The van der Waals surface area contributed by atoms with E-state index in [-0.39, 0.29) is 18.8 Å². The first-order valence-electron chi connectivity index (χ1n) is 7.12. The highest BCUT2D eigenvalue weighted by molar-refractivity contribution is 5.92. The average molecular weight is 312 g/mol. The molecule has 5 nitrogen and oxygen atoms in total. The Morgan fingerprint density at radius 1 is 1.00 bits per heavy atom. The van der Waals surface area contributed by atoms with E-state index < -0.39 is 11.9 Å². The number of carboxylic acid groups (broad SMARTS) is 1. The highest BCUT2D eigenvalue weighted by Gasteiger charge is 2.08. The molecule has 0 unspecified atom stereocenters. The van der Waals surface area contributed by atoms with Crippen molar-refractivity contribution in [2.75, 3.05) is 6.61 Å². The lowest BCUT2D eigenvalue weighted by Crippen LogP contribution is -2.13. The smallest absolute Gasteiger partial charge is 0.331 e. The number of ether oxygens (including phenoxy) is 1. The molecule has 0 atom stereocenters. The van der Waals surface area contributed by atoms with Crippen LogP contribution < -0.4 is 0 Å². The standard InChI is InChI=1S/C18H16O5/c19-15(12-23-18(22)11-10-17(20)21)9-8-14-6-3-5-13-4-1-2-7-16(13)14/h1-7,10-11H,8-9,12H2,(H,20,21)/b11-10+. The molecular weight excluding hydrogens is 296 g/mol. The van der Waals surface area contributed by atoms with Gasteiger partial charge in [-0.3, -0.25) is 4.79 Å². The van der Waals surface area contributed by atoms with Crippen LogP contribution in [0.25, 0.3) is 10.8 Å². The quantitative estimate of drug-likeness (QED) is 0.627. The summed E-state index contributed by atoms with van der Waals surface area (Å²) in [6.07, 6.45) is 2.26. The molecule has 2 rings (SSSR count). The Balaban J connectivity index is 1.87. The molecule has 0 aromatic heterocycles. The predicted molar refractivity (Wildman–Crippen MR) is 85.0 cm³/mol. The second-order valence-corrected chi connectivity index (χ2v) is 4.96. The number of ketones is 1. The van der Waals surface area contributed by atoms with Crippen molar-refractivity contribution in [1.29, 1.82) is 0 Å². The summed E-state index contributed by atoms with van der Waals surface area (Å²) in [4.78, 5) is 33.2. The summed E-state index contributed by atoms with van der Waals surface area (Å²) in [5, 5.41) is 10.6. The first-order valence-corrected chi connectivity index (χ1v) is 7.12. The normalized spacial score (nSPS) is 10.8. The minimum atomic E-state index is -1.25. The van der Waals surface area contributed by atoms with Crippen LogP contribution in [0.3, 0.4) is 0 Å². The van der Waals surface area contributed by atoms with Gasteiger partial charge in [0.1, 0.15) is 6.61 Å². The maximum Gasteiger partial charge on any atom is 0.331 e. The number of Topliss-reactive ketones (excluding diaryl/α,β-unsaturated/α-hetero) is 1. The summed E-state index contributed by atoms with van der Waals surface area (Å²) < 4.78 is 4.69. The third-order valence-electron chi connectivity index (χ3n) is 3.29. The van der Waals surface area contributed by atoms with Crippen molar-refractivity contribution in [3.05, 3.63) is 60.2 Å². The number of carboxylic acids is 1. The van der Waals surface area contributed by atoms with E-state index in [0.717, 1.165) is 22.4 Å². The van der Waals surface area contributed by atoms with Gasteiger partial charge in [-0.15, -0.1) is 0 Å². The molecule has 0 heterocycles. The number of carbonyl (C=O) groups is 3. The Bertz CT molecular complexity index is 756. The molecule has 5 heteroatoms. The van der Waals surface area contributed by atoms with Crippen LogP contribution in [0.4, 0.5) is 0 Å². The zero-order valence-electron chi connectivity index (χ0n) is 12.4. The Morgan fingerprint density at radius 3 is 2.52 bits per heavy atom. The number of benzene rings is 2. The fourth-order valence-corrected chi connectivity index (χ4v) is 2.20. The molecule has 1 N–H and O–H groups in total. The number of rotatable bonds is 7. The van der Waals surface area contributed by atoms with Gasteiger partial charge < -0.3 is 9.84 Å². The van der Waals surface area contributed by atoms with Crippen molar-refractivity contribution < 1.29 is 24.2 Å². The topological polar surface area (TPSA) is 80.7 Å². The van der Waals surface area contributed by atoms with Gasteiger partial charge >= 0.3 is 11.9 Å². The van der Waals surface area contributed by atoms with Crippen LogP contribution in [0.2, 0.25) is 0 Å². The molecule has 118 valence electrons. The fraction of sp³-hybridized carbons (Fsp3) is 0.167. The Hall–Kier alpha value is -2.95. The zero-order valence-corrected chi connectivity index (χ0v) is 12.4. The van der Waals surface area contributed by atoms with Crippen LogP contribution in [0.1, 0.15) is 12.0 Å². The van der Waals surface area contributed by atoms with E-state index >= 15 is 0 Å². The predicted octanol–water partition coefficient (Wildman–Crippen LogP) is 2.53. The molecule has 0 bridgehead atoms. The van der Waals surface area contributed by atoms with Gasteiger partial charge in [0.05, 0.1) is 0 Å². The number of aryl methyl sites for hydroxylation is 1. The molecule has 0 aliphatic rings. The van der Waals surface area contributed by atoms with Gasteiger partial charge in [0.25, 0.3) is 0 Å². The Kier molecular flexibility index (Phi) is 5.63. The Labute approximate surface area is 133 Å². The Morgan fingerprint density at radius 2 is 1.74 bits per heavy atom. The maximum absolute atomic E-state index is 11.8. The molecule has 0 aliphatic heterocycles. The monoisotopic (exact) mass is 312 g/mol. The number of carbonyl (C=O) groups excluding carboxylic acids is 2. The molecule has 0 amide bonds. The molecule has 2 aromatic carbocycles. The van der Waals surface area contributed by atoms with Crippen molar-refractivity contribution in [2.45, 2.75) is 12.8 Å². The molecule has 0 saturated heterocycles. The van der Waals surface area contributed by atoms with Gasteiger partial charge in [-0.25, -0.2) is 9.59 Å². The van der Waals surface area contributed by atoms with Gasteiger partial charge in [-0.2, -0.15) is 0 Å². The lowest BCUT2D eigenvalue weighted by atomic mass is 10.00. The maximum atomic E-state index is 11.8. The largest absolute Gasteiger partial charge is 0.478 e. The second-order valence-electron chi connectivity index (χ2n) is 4.96. The molecule has 0 saturated carbocycles. The van der Waals surface area contributed by atoms with Crippen molar-refractivity contribution >= 4 is 28.5 Å². The van der Waals surface area contributed by atoms with Crippen LogP contribution in [0.5, 0.6) is 0 Å². The van der Waals surface area contributed by atoms with Crippen molar-refractivity contribution in [1.82, 2.24) is 0 Å². The molecular formula is C18H16O5. The SMILES string of the molecule is O=C(O)/C=C/C(=O)OCC(=O)CCc1cccc2ccccc12. The number of esters is 1. The van der Waals surface area contributed by atoms with Gasteiger partial charge in [-0.1, -0.05) is 42.5 Å². The van der Waals surface area contributed by atoms with E-state index in [4.69, 9.17) is 9.84 Å². The highest BCUT2D eigenvalue weighted by Crippen LogP contribution is 2.19. The summed E-state index contributed by atoms with van der Waals surface area (Å²) in [5.41, 5.74) is 1.06. The number of aliphatic carboxylic acids is 1. The van der Waals surface area contributed by atoms with Crippen LogP contribution in [-0.2, 0) is 25.5 Å². The van der Waals surface area contributed by atoms with E-state index in [1.54, 1.807) is 0 Å². The molecule has 2 aromatic rings. The second kappa shape index (κ2) is 7.89. The molecule has 0 fully saturated rings. The van der Waals surface area contributed by atoms with E-state index in [0.29, 0.717) is 12.5 Å². The van der Waals surface area contributed by atoms with Crippen LogP contribution in [-0.4, -0.2) is 29.4 Å². The van der Waals surface area contributed by atoms with E-state index in [1.807, 2.05) is 42.5 Å². The van der Waals surface area contributed by atoms with Crippen LogP contribution in [0, 0.1) is 0 Å². The summed E-state index contributed by atoms with van der Waals surface area (Å²) in [6.45, 7) is -0.354. The fourth-order valence-electron chi connectivity index (χ4n) is 2.20. The summed E-state index contributed by atoms with van der Waals surface area (Å²) >= 11 is 0. The number of fused-ring (bicyclic) bond motifs is 1. The first-order chi connectivity index (χ1) is 11.1. The molecule has 0 aliphatic carbocycles. The number of hydrogen-bond acceptors (Lipinski definition) is 4. The zero-order chi connectivity index (χ0) is 16.7.